The van der Waals surface area contributed by atoms with Gasteiger partial charge in [-0.15, -0.1) is 0 Å². The van der Waals surface area contributed by atoms with Gasteiger partial charge in [-0.2, -0.15) is 10.5 Å². The van der Waals surface area contributed by atoms with Crippen LogP contribution in [0, 0.1) is 22.7 Å². The first-order chi connectivity index (χ1) is 27.2. The summed E-state index contributed by atoms with van der Waals surface area (Å²) in [6.07, 6.45) is 0. The van der Waals surface area contributed by atoms with Gasteiger partial charge in [0, 0.05) is 49.1 Å². The highest BCUT2D eigenvalue weighted by Crippen LogP contribution is 2.43. The number of fused-ring (bicyclic) bond motifs is 9. The normalized spacial score (nSPS) is 11.6. The summed E-state index contributed by atoms with van der Waals surface area (Å²) in [5.41, 5.74) is 12.4. The lowest BCUT2D eigenvalue weighted by Crippen LogP contribution is -2.03. The summed E-state index contributed by atoms with van der Waals surface area (Å²) in [7, 11) is 0. The second-order valence-corrected chi connectivity index (χ2v) is 13.9. The molecule has 11 aromatic rings. The molecule has 5 nitrogen and oxygen atoms in total. The Bertz CT molecular complexity index is 3420. The van der Waals surface area contributed by atoms with E-state index in [0.29, 0.717) is 11.1 Å². The molecular formula is C50H29N5. The summed E-state index contributed by atoms with van der Waals surface area (Å²) >= 11 is 0. The van der Waals surface area contributed by atoms with Gasteiger partial charge in [-0.3, -0.25) is 0 Å². The monoisotopic (exact) mass is 699 g/mol. The molecule has 55 heavy (non-hydrogen) atoms. The highest BCUT2D eigenvalue weighted by Gasteiger charge is 2.23. The van der Waals surface area contributed by atoms with Crippen LogP contribution in [0.25, 0.3) is 93.6 Å². The number of aromatic nitrogens is 3. The van der Waals surface area contributed by atoms with Gasteiger partial charge >= 0.3 is 0 Å². The van der Waals surface area contributed by atoms with E-state index in [0.717, 1.165) is 82.8 Å². The Balaban J connectivity index is 1.23. The van der Waals surface area contributed by atoms with E-state index < -0.39 is 0 Å². The van der Waals surface area contributed by atoms with Crippen LogP contribution in [0.1, 0.15) is 11.1 Å². The molecule has 0 aliphatic rings. The SMILES string of the molecule is N#Cc1ccc2c(c1)c1ccccc1n2-c1ccccc1-c1c(C#N)cccc1-n1c2ccccc2c2ccc(-n3c4ccccc4c4ccccc43)cc21. The van der Waals surface area contributed by atoms with Crippen molar-refractivity contribution in [3.05, 3.63) is 187 Å². The van der Waals surface area contributed by atoms with Crippen LogP contribution in [0.2, 0.25) is 0 Å². The summed E-state index contributed by atoms with van der Waals surface area (Å²) in [6.45, 7) is 0. The Kier molecular flexibility index (Phi) is 6.61. The van der Waals surface area contributed by atoms with Gasteiger partial charge in [0.25, 0.3) is 0 Å². The summed E-state index contributed by atoms with van der Waals surface area (Å²) in [5, 5.41) is 27.4. The minimum absolute atomic E-state index is 0.585. The predicted molar refractivity (Wildman–Crippen MR) is 224 cm³/mol. The fraction of sp³-hybridized carbons (Fsp3) is 0. The van der Waals surface area contributed by atoms with Crippen molar-refractivity contribution in [3.8, 4) is 40.3 Å². The number of benzene rings is 8. The molecule has 0 bridgehead atoms. The van der Waals surface area contributed by atoms with Crippen LogP contribution in [0.3, 0.4) is 0 Å². The Morgan fingerprint density at radius 3 is 1.49 bits per heavy atom. The third-order valence-corrected chi connectivity index (χ3v) is 11.1. The smallest absolute Gasteiger partial charge is 0.0998 e. The van der Waals surface area contributed by atoms with Crippen LogP contribution < -0.4 is 0 Å². The molecule has 0 N–H and O–H groups in total. The molecule has 3 aromatic heterocycles. The van der Waals surface area contributed by atoms with E-state index in [2.05, 4.69) is 153 Å². The Morgan fingerprint density at radius 2 is 0.855 bits per heavy atom. The van der Waals surface area contributed by atoms with Crippen molar-refractivity contribution in [1.82, 2.24) is 13.7 Å². The Hall–Kier alpha value is -7.86. The molecule has 0 amide bonds. The van der Waals surface area contributed by atoms with Gasteiger partial charge < -0.3 is 13.7 Å². The van der Waals surface area contributed by atoms with Crippen LogP contribution in [-0.2, 0) is 0 Å². The summed E-state index contributed by atoms with van der Waals surface area (Å²) in [5.74, 6) is 0. The first-order valence-electron chi connectivity index (χ1n) is 18.3. The maximum Gasteiger partial charge on any atom is 0.0998 e. The van der Waals surface area contributed by atoms with E-state index >= 15 is 0 Å². The zero-order valence-corrected chi connectivity index (χ0v) is 29.5. The second kappa shape index (κ2) is 11.8. The Morgan fingerprint density at radius 1 is 0.345 bits per heavy atom. The number of rotatable bonds is 4. The lowest BCUT2D eigenvalue weighted by atomic mass is 9.96. The second-order valence-electron chi connectivity index (χ2n) is 13.9. The van der Waals surface area contributed by atoms with Gasteiger partial charge in [-0.25, -0.2) is 0 Å². The average molecular weight is 700 g/mol. The van der Waals surface area contributed by atoms with E-state index in [-0.39, 0.29) is 0 Å². The average Bonchev–Trinajstić information content (AvgIpc) is 3.88. The molecule has 0 atom stereocenters. The molecule has 11 rings (SSSR count). The minimum atomic E-state index is 0.585. The van der Waals surface area contributed by atoms with Crippen LogP contribution in [0.15, 0.2) is 176 Å². The van der Waals surface area contributed by atoms with Gasteiger partial charge in [-0.1, -0.05) is 103 Å². The van der Waals surface area contributed by atoms with E-state index in [4.69, 9.17) is 0 Å². The number of nitriles is 2. The third kappa shape index (κ3) is 4.39. The topological polar surface area (TPSA) is 62.4 Å². The highest BCUT2D eigenvalue weighted by atomic mass is 15.0. The molecule has 0 radical (unpaired) electrons. The number of hydrogen-bond donors (Lipinski definition) is 0. The molecule has 0 fully saturated rings. The van der Waals surface area contributed by atoms with Crippen molar-refractivity contribution in [2.75, 3.05) is 0 Å². The number of nitrogens with zero attached hydrogens (tertiary/aromatic N) is 5. The molecule has 5 heteroatoms. The van der Waals surface area contributed by atoms with Crippen LogP contribution >= 0.6 is 0 Å². The van der Waals surface area contributed by atoms with Crippen molar-refractivity contribution < 1.29 is 0 Å². The van der Waals surface area contributed by atoms with Gasteiger partial charge in [0.05, 0.1) is 67.7 Å². The molecule has 0 unspecified atom stereocenters. The van der Waals surface area contributed by atoms with Gasteiger partial charge in [0.15, 0.2) is 0 Å². The van der Waals surface area contributed by atoms with Gasteiger partial charge in [-0.05, 0) is 72.8 Å². The van der Waals surface area contributed by atoms with Crippen molar-refractivity contribution in [1.29, 1.82) is 10.5 Å². The molecule has 254 valence electrons. The maximum atomic E-state index is 10.8. The van der Waals surface area contributed by atoms with Crippen LogP contribution in [0.5, 0.6) is 0 Å². The molecule has 3 heterocycles. The van der Waals surface area contributed by atoms with E-state index in [9.17, 15) is 10.5 Å². The number of hydrogen-bond acceptors (Lipinski definition) is 2. The lowest BCUT2D eigenvalue weighted by molar-refractivity contribution is 1.15. The van der Waals surface area contributed by atoms with Crippen LogP contribution in [0.4, 0.5) is 0 Å². The minimum Gasteiger partial charge on any atom is -0.309 e. The summed E-state index contributed by atoms with van der Waals surface area (Å²) < 4.78 is 6.96. The summed E-state index contributed by atoms with van der Waals surface area (Å²) in [6, 6.07) is 65.9. The Labute approximate surface area is 316 Å². The van der Waals surface area contributed by atoms with E-state index in [1.807, 2.05) is 48.5 Å². The molecule has 0 spiro atoms. The lowest BCUT2D eigenvalue weighted by Gasteiger charge is -2.19. The maximum absolute atomic E-state index is 10.8. The predicted octanol–water partition coefficient (Wildman–Crippen LogP) is 12.4. The van der Waals surface area contributed by atoms with E-state index in [1.165, 1.54) is 10.8 Å². The molecule has 0 aliphatic carbocycles. The zero-order valence-electron chi connectivity index (χ0n) is 29.5. The van der Waals surface area contributed by atoms with Crippen molar-refractivity contribution in [3.63, 3.8) is 0 Å². The van der Waals surface area contributed by atoms with E-state index in [1.54, 1.807) is 0 Å². The molecule has 0 saturated heterocycles. The quantitative estimate of drug-likeness (QED) is 0.184. The zero-order chi connectivity index (χ0) is 36.6. The first kappa shape index (κ1) is 30.7. The molecule has 0 aliphatic heterocycles. The fourth-order valence-corrected chi connectivity index (χ4v) is 8.84. The summed E-state index contributed by atoms with van der Waals surface area (Å²) in [4.78, 5) is 0. The first-order valence-corrected chi connectivity index (χ1v) is 18.3. The molecule has 0 saturated carbocycles. The molecular weight excluding hydrogens is 671 g/mol. The van der Waals surface area contributed by atoms with Gasteiger partial charge in [0.1, 0.15) is 0 Å². The highest BCUT2D eigenvalue weighted by molar-refractivity contribution is 6.13. The largest absolute Gasteiger partial charge is 0.309 e. The third-order valence-electron chi connectivity index (χ3n) is 11.1. The van der Waals surface area contributed by atoms with Crippen molar-refractivity contribution in [2.45, 2.75) is 0 Å². The molecule has 8 aromatic carbocycles. The van der Waals surface area contributed by atoms with Gasteiger partial charge in [0.2, 0.25) is 0 Å². The van der Waals surface area contributed by atoms with Crippen molar-refractivity contribution >= 4 is 65.4 Å². The number of para-hydroxylation sites is 5. The van der Waals surface area contributed by atoms with Crippen molar-refractivity contribution in [2.24, 2.45) is 0 Å². The standard InChI is InChI=1S/C50H29N5/c51-30-32-24-27-47-41(28-32)38-16-4-9-21-45(38)54(47)46-22-10-5-17-40(46)50-33(31-52)12-11-23-48(50)55-44-20-8-3-15-37(44)39-26-25-34(29-49(39)55)53-42-18-6-1-13-35(42)36-14-2-7-19-43(36)53/h1-29H. The fourth-order valence-electron chi connectivity index (χ4n) is 8.84. The van der Waals surface area contributed by atoms with Crippen LogP contribution in [-0.4, -0.2) is 13.7 Å².